The lowest BCUT2D eigenvalue weighted by Gasteiger charge is -2.21. The number of hydrogen-bond donors (Lipinski definition) is 1. The average molecular weight is 251 g/mol. The van der Waals surface area contributed by atoms with Gasteiger partial charge in [0, 0.05) is 19.0 Å². The molecule has 0 spiro atoms. The first-order valence-corrected chi connectivity index (χ1v) is 6.35. The predicted molar refractivity (Wildman–Crippen MR) is 66.5 cm³/mol. The van der Waals surface area contributed by atoms with Crippen molar-refractivity contribution in [3.8, 4) is 0 Å². The van der Waals surface area contributed by atoms with Crippen LogP contribution >= 0.6 is 0 Å². The van der Waals surface area contributed by atoms with E-state index in [4.69, 9.17) is 5.11 Å². The van der Waals surface area contributed by atoms with Gasteiger partial charge in [-0.3, -0.25) is 4.79 Å². The number of carbonyl (C=O) groups is 1. The van der Waals surface area contributed by atoms with E-state index in [1.807, 2.05) is 6.07 Å². The highest BCUT2D eigenvalue weighted by molar-refractivity contribution is 5.77. The third-order valence-electron chi connectivity index (χ3n) is 3.17. The molecule has 1 amide bonds. The van der Waals surface area contributed by atoms with E-state index in [-0.39, 0.29) is 18.3 Å². The van der Waals surface area contributed by atoms with Gasteiger partial charge in [-0.1, -0.05) is 12.1 Å². The lowest BCUT2D eigenvalue weighted by molar-refractivity contribution is -0.132. The Morgan fingerprint density at radius 3 is 2.83 bits per heavy atom. The summed E-state index contributed by atoms with van der Waals surface area (Å²) in [6.07, 6.45) is 2.99. The van der Waals surface area contributed by atoms with Gasteiger partial charge < -0.3 is 10.0 Å². The first kappa shape index (κ1) is 13.0. The molecule has 1 aromatic rings. The van der Waals surface area contributed by atoms with Crippen molar-refractivity contribution in [2.45, 2.75) is 31.7 Å². The molecule has 0 unspecified atom stereocenters. The van der Waals surface area contributed by atoms with Crippen molar-refractivity contribution in [3.63, 3.8) is 0 Å². The summed E-state index contributed by atoms with van der Waals surface area (Å²) in [5.74, 6) is -0.217. The fourth-order valence-corrected chi connectivity index (χ4v) is 2.09. The van der Waals surface area contributed by atoms with Gasteiger partial charge in [0.25, 0.3) is 0 Å². The van der Waals surface area contributed by atoms with Gasteiger partial charge >= 0.3 is 0 Å². The van der Waals surface area contributed by atoms with E-state index >= 15 is 0 Å². The van der Waals surface area contributed by atoms with Gasteiger partial charge in [-0.2, -0.15) is 0 Å². The Bertz CT molecular complexity index is 418. The van der Waals surface area contributed by atoms with Gasteiger partial charge in [0.15, 0.2) is 0 Å². The maximum absolute atomic E-state index is 13.0. The molecule has 0 aliphatic heterocycles. The molecule has 0 saturated heterocycles. The zero-order valence-electron chi connectivity index (χ0n) is 10.3. The Balaban J connectivity index is 1.86. The summed E-state index contributed by atoms with van der Waals surface area (Å²) in [7, 11) is 0. The molecule has 1 aliphatic rings. The summed E-state index contributed by atoms with van der Waals surface area (Å²) < 4.78 is 13.0. The first-order valence-electron chi connectivity index (χ1n) is 6.35. The number of aryl methyl sites for hydroxylation is 1. The van der Waals surface area contributed by atoms with Crippen molar-refractivity contribution in [1.29, 1.82) is 0 Å². The lowest BCUT2D eigenvalue weighted by atomic mass is 10.1. The van der Waals surface area contributed by atoms with Gasteiger partial charge in [0.2, 0.25) is 5.91 Å². The molecule has 1 aromatic carbocycles. The predicted octanol–water partition coefficient (Wildman–Crippen LogP) is 1.74. The number of hydrogen-bond acceptors (Lipinski definition) is 2. The van der Waals surface area contributed by atoms with E-state index in [1.165, 1.54) is 12.1 Å². The Morgan fingerprint density at radius 2 is 2.22 bits per heavy atom. The second-order valence-corrected chi connectivity index (χ2v) is 4.67. The van der Waals surface area contributed by atoms with E-state index in [9.17, 15) is 9.18 Å². The molecule has 0 heterocycles. The summed E-state index contributed by atoms with van der Waals surface area (Å²) in [5.41, 5.74) is 0.836. The molecule has 1 N–H and O–H groups in total. The minimum absolute atomic E-state index is 0.00219. The second kappa shape index (κ2) is 5.96. The van der Waals surface area contributed by atoms with Crippen LogP contribution in [0.15, 0.2) is 24.3 Å². The molecule has 18 heavy (non-hydrogen) atoms. The first-order chi connectivity index (χ1) is 8.70. The molecule has 2 rings (SSSR count). The van der Waals surface area contributed by atoms with Gasteiger partial charge in [0.1, 0.15) is 5.82 Å². The molecule has 98 valence electrons. The highest BCUT2D eigenvalue weighted by Gasteiger charge is 2.31. The van der Waals surface area contributed by atoms with Crippen LogP contribution in [0.3, 0.4) is 0 Å². The minimum Gasteiger partial charge on any atom is -0.395 e. The van der Waals surface area contributed by atoms with Crippen molar-refractivity contribution >= 4 is 5.91 Å². The molecule has 0 bridgehead atoms. The number of nitrogens with zero attached hydrogens (tertiary/aromatic N) is 1. The number of benzene rings is 1. The van der Waals surface area contributed by atoms with E-state index in [0.717, 1.165) is 18.4 Å². The third kappa shape index (κ3) is 3.53. The van der Waals surface area contributed by atoms with Crippen LogP contribution < -0.4 is 0 Å². The van der Waals surface area contributed by atoms with Crippen LogP contribution in [-0.2, 0) is 11.2 Å². The minimum atomic E-state index is -0.269. The van der Waals surface area contributed by atoms with Crippen molar-refractivity contribution in [3.05, 3.63) is 35.6 Å². The number of carbonyl (C=O) groups excluding carboxylic acids is 1. The van der Waals surface area contributed by atoms with Crippen LogP contribution in [0.5, 0.6) is 0 Å². The van der Waals surface area contributed by atoms with E-state index in [1.54, 1.807) is 11.0 Å². The molecule has 0 radical (unpaired) electrons. The molecular weight excluding hydrogens is 233 g/mol. The van der Waals surface area contributed by atoms with Crippen molar-refractivity contribution < 1.29 is 14.3 Å². The Morgan fingerprint density at radius 1 is 1.44 bits per heavy atom. The molecule has 1 saturated carbocycles. The van der Waals surface area contributed by atoms with Gasteiger partial charge in [-0.25, -0.2) is 4.39 Å². The molecule has 0 aromatic heterocycles. The smallest absolute Gasteiger partial charge is 0.223 e. The van der Waals surface area contributed by atoms with Gasteiger partial charge in [-0.15, -0.1) is 0 Å². The highest BCUT2D eigenvalue weighted by atomic mass is 19.1. The summed E-state index contributed by atoms with van der Waals surface area (Å²) >= 11 is 0. The maximum atomic E-state index is 13.0. The van der Waals surface area contributed by atoms with Crippen LogP contribution in [0.1, 0.15) is 24.8 Å². The number of aliphatic hydroxyl groups is 1. The largest absolute Gasteiger partial charge is 0.395 e. The van der Waals surface area contributed by atoms with Crippen LogP contribution in [0.4, 0.5) is 4.39 Å². The second-order valence-electron chi connectivity index (χ2n) is 4.67. The SMILES string of the molecule is O=C(CCc1cccc(F)c1)N(CCO)C1CC1. The van der Waals surface area contributed by atoms with E-state index < -0.39 is 0 Å². The van der Waals surface area contributed by atoms with Crippen LogP contribution in [0.25, 0.3) is 0 Å². The summed E-state index contributed by atoms with van der Waals surface area (Å²) in [6, 6.07) is 6.65. The van der Waals surface area contributed by atoms with E-state index in [2.05, 4.69) is 0 Å². The Kier molecular flexibility index (Phi) is 4.31. The normalized spacial score (nSPS) is 14.6. The van der Waals surface area contributed by atoms with Crippen LogP contribution in [-0.4, -0.2) is 35.1 Å². The van der Waals surface area contributed by atoms with Crippen molar-refractivity contribution in [2.24, 2.45) is 0 Å². The zero-order valence-corrected chi connectivity index (χ0v) is 10.3. The highest BCUT2D eigenvalue weighted by Crippen LogP contribution is 2.27. The molecule has 0 atom stereocenters. The average Bonchev–Trinajstić information content (AvgIpc) is 3.17. The number of rotatable bonds is 6. The standard InChI is InChI=1S/C14H18FNO2/c15-12-3-1-2-11(10-12)4-7-14(18)16(8-9-17)13-5-6-13/h1-3,10,13,17H,4-9H2. The van der Waals surface area contributed by atoms with Crippen LogP contribution in [0, 0.1) is 5.82 Å². The molecule has 1 fully saturated rings. The lowest BCUT2D eigenvalue weighted by Crippen LogP contribution is -2.35. The number of amides is 1. The quantitative estimate of drug-likeness (QED) is 0.836. The number of aliphatic hydroxyl groups excluding tert-OH is 1. The summed E-state index contributed by atoms with van der Waals surface area (Å²) in [6.45, 7) is 0.412. The Hall–Kier alpha value is -1.42. The maximum Gasteiger partial charge on any atom is 0.223 e. The molecule has 4 heteroatoms. The van der Waals surface area contributed by atoms with Crippen LogP contribution in [0.2, 0.25) is 0 Å². The topological polar surface area (TPSA) is 40.5 Å². The summed E-state index contributed by atoms with van der Waals surface area (Å²) in [5, 5.41) is 8.94. The molecular formula is C14H18FNO2. The van der Waals surface area contributed by atoms with E-state index in [0.29, 0.717) is 25.4 Å². The zero-order chi connectivity index (χ0) is 13.0. The van der Waals surface area contributed by atoms with Crippen molar-refractivity contribution in [2.75, 3.05) is 13.2 Å². The van der Waals surface area contributed by atoms with Crippen molar-refractivity contribution in [1.82, 2.24) is 4.90 Å². The fraction of sp³-hybridized carbons (Fsp3) is 0.500. The third-order valence-corrected chi connectivity index (χ3v) is 3.17. The monoisotopic (exact) mass is 251 g/mol. The van der Waals surface area contributed by atoms with Gasteiger partial charge in [-0.05, 0) is 37.0 Å². The summed E-state index contributed by atoms with van der Waals surface area (Å²) in [4.78, 5) is 13.7. The fourth-order valence-electron chi connectivity index (χ4n) is 2.09. The van der Waals surface area contributed by atoms with Gasteiger partial charge in [0.05, 0.1) is 6.61 Å². The number of halogens is 1. The molecule has 3 nitrogen and oxygen atoms in total. The Labute approximate surface area is 106 Å². The molecule has 1 aliphatic carbocycles.